The maximum absolute atomic E-state index is 14.8. The van der Waals surface area contributed by atoms with Crippen LogP contribution in [-0.4, -0.2) is 22.5 Å². The second-order valence-corrected chi connectivity index (χ2v) is 7.11. The van der Waals surface area contributed by atoms with Crippen LogP contribution in [0, 0.1) is 12.7 Å². The Labute approximate surface area is 176 Å². The van der Waals surface area contributed by atoms with Crippen LogP contribution in [0.1, 0.15) is 48.2 Å². The summed E-state index contributed by atoms with van der Waals surface area (Å²) < 4.78 is 20.4. The van der Waals surface area contributed by atoms with E-state index in [0.717, 1.165) is 32.1 Å². The number of anilines is 1. The molecule has 0 unspecified atom stereocenters. The van der Waals surface area contributed by atoms with Gasteiger partial charge in [-0.05, 0) is 62.1 Å². The Morgan fingerprint density at radius 1 is 1.17 bits per heavy atom. The van der Waals surface area contributed by atoms with Crippen LogP contribution in [0.2, 0.25) is 0 Å². The summed E-state index contributed by atoms with van der Waals surface area (Å²) in [6.45, 7) is 5.92. The minimum atomic E-state index is -0.586. The summed E-state index contributed by atoms with van der Waals surface area (Å²) in [5.41, 5.74) is 2.29. The number of carbonyl (C=O) groups is 1. The fourth-order valence-electron chi connectivity index (χ4n) is 3.15. The lowest BCUT2D eigenvalue weighted by molar-refractivity contribution is 0.102. The van der Waals surface area contributed by atoms with Gasteiger partial charge in [0.1, 0.15) is 5.69 Å². The standard InChI is InChI=1S/C24H26FN3O2/c1-3-4-5-6-7-8-15-30-21-13-9-11-19(22(21)25)28-24(29)23-17(2)16-20-18(27-23)12-10-14-26-20/h3,9-14,16H,1,4-8,15H2,2H3,(H,28,29). The molecule has 0 fully saturated rings. The molecule has 30 heavy (non-hydrogen) atoms. The Balaban J connectivity index is 1.64. The topological polar surface area (TPSA) is 64.1 Å². The van der Waals surface area contributed by atoms with Crippen LogP contribution in [-0.2, 0) is 0 Å². The lowest BCUT2D eigenvalue weighted by Crippen LogP contribution is -2.16. The summed E-state index contributed by atoms with van der Waals surface area (Å²) in [7, 11) is 0. The summed E-state index contributed by atoms with van der Waals surface area (Å²) in [5, 5.41) is 2.61. The van der Waals surface area contributed by atoms with Gasteiger partial charge in [0.25, 0.3) is 5.91 Å². The molecule has 3 aromatic rings. The second-order valence-electron chi connectivity index (χ2n) is 7.11. The highest BCUT2D eigenvalue weighted by Gasteiger charge is 2.16. The SMILES string of the molecule is C=CCCCCCCOc1cccc(NC(=O)c2nc3cccnc3cc2C)c1F. The second kappa shape index (κ2) is 10.5. The zero-order valence-corrected chi connectivity index (χ0v) is 17.2. The lowest BCUT2D eigenvalue weighted by Gasteiger charge is -2.12. The average molecular weight is 407 g/mol. The quantitative estimate of drug-likeness (QED) is 0.338. The van der Waals surface area contributed by atoms with Crippen LogP contribution in [0.15, 0.2) is 55.3 Å². The minimum Gasteiger partial charge on any atom is -0.490 e. The van der Waals surface area contributed by atoms with Gasteiger partial charge in [0, 0.05) is 6.20 Å². The van der Waals surface area contributed by atoms with E-state index in [1.807, 2.05) is 6.08 Å². The fraction of sp³-hybridized carbons (Fsp3) is 0.292. The van der Waals surface area contributed by atoms with Crippen molar-refractivity contribution in [3.05, 3.63) is 72.3 Å². The van der Waals surface area contributed by atoms with Gasteiger partial charge in [-0.2, -0.15) is 0 Å². The first-order chi connectivity index (χ1) is 14.6. The maximum Gasteiger partial charge on any atom is 0.274 e. The molecule has 6 heteroatoms. The summed E-state index contributed by atoms with van der Waals surface area (Å²) >= 11 is 0. The average Bonchev–Trinajstić information content (AvgIpc) is 2.75. The predicted octanol–water partition coefficient (Wildman–Crippen LogP) is 5.84. The van der Waals surface area contributed by atoms with E-state index in [4.69, 9.17) is 4.74 Å². The van der Waals surface area contributed by atoms with Crippen molar-refractivity contribution in [3.8, 4) is 5.75 Å². The molecule has 1 N–H and O–H groups in total. The number of hydrogen-bond acceptors (Lipinski definition) is 4. The number of benzene rings is 1. The summed E-state index contributed by atoms with van der Waals surface area (Å²) in [4.78, 5) is 21.3. The number of hydrogen-bond donors (Lipinski definition) is 1. The molecular formula is C24H26FN3O2. The number of carbonyl (C=O) groups excluding carboxylic acids is 1. The number of pyridine rings is 2. The van der Waals surface area contributed by atoms with E-state index in [9.17, 15) is 9.18 Å². The molecule has 2 aromatic heterocycles. The smallest absolute Gasteiger partial charge is 0.274 e. The van der Waals surface area contributed by atoms with Gasteiger partial charge in [0.2, 0.25) is 0 Å². The number of allylic oxidation sites excluding steroid dienone is 1. The molecule has 0 aliphatic heterocycles. The Hall–Kier alpha value is -3.28. The van der Waals surface area contributed by atoms with Crippen molar-refractivity contribution in [2.45, 2.75) is 39.0 Å². The Kier molecular flexibility index (Phi) is 7.49. The molecule has 1 amide bonds. The first-order valence-electron chi connectivity index (χ1n) is 10.2. The van der Waals surface area contributed by atoms with Gasteiger partial charge in [-0.15, -0.1) is 6.58 Å². The van der Waals surface area contributed by atoms with Crippen LogP contribution in [0.5, 0.6) is 5.75 Å². The highest BCUT2D eigenvalue weighted by Crippen LogP contribution is 2.25. The van der Waals surface area contributed by atoms with Crippen LogP contribution < -0.4 is 10.1 Å². The van der Waals surface area contributed by atoms with Gasteiger partial charge < -0.3 is 10.1 Å². The van der Waals surface area contributed by atoms with Gasteiger partial charge in [0.05, 0.1) is 23.3 Å². The molecule has 1 aromatic carbocycles. The van der Waals surface area contributed by atoms with E-state index < -0.39 is 11.7 Å². The van der Waals surface area contributed by atoms with E-state index in [0.29, 0.717) is 23.2 Å². The van der Waals surface area contributed by atoms with E-state index in [1.165, 1.54) is 6.07 Å². The molecule has 2 heterocycles. The molecule has 3 rings (SSSR count). The van der Waals surface area contributed by atoms with Crippen molar-refractivity contribution in [3.63, 3.8) is 0 Å². The highest BCUT2D eigenvalue weighted by atomic mass is 19.1. The number of aryl methyl sites for hydroxylation is 1. The minimum absolute atomic E-state index is 0.0657. The Bertz CT molecular complexity index is 1040. The van der Waals surface area contributed by atoms with Crippen molar-refractivity contribution in [1.29, 1.82) is 0 Å². The van der Waals surface area contributed by atoms with Gasteiger partial charge in [-0.1, -0.05) is 25.0 Å². The molecule has 0 aliphatic carbocycles. The van der Waals surface area contributed by atoms with Gasteiger partial charge >= 0.3 is 0 Å². The number of fused-ring (bicyclic) bond motifs is 1. The number of rotatable bonds is 10. The molecular weight excluding hydrogens is 381 g/mol. The Morgan fingerprint density at radius 3 is 2.83 bits per heavy atom. The van der Waals surface area contributed by atoms with E-state index in [-0.39, 0.29) is 17.1 Å². The number of amides is 1. The summed E-state index contributed by atoms with van der Waals surface area (Å²) in [6, 6.07) is 10.1. The molecule has 5 nitrogen and oxygen atoms in total. The number of halogens is 1. The van der Waals surface area contributed by atoms with E-state index in [2.05, 4.69) is 21.9 Å². The summed E-state index contributed by atoms with van der Waals surface area (Å²) in [6.07, 6.45) is 8.68. The monoisotopic (exact) mass is 407 g/mol. The van der Waals surface area contributed by atoms with Gasteiger partial charge in [-0.25, -0.2) is 9.37 Å². The third kappa shape index (κ3) is 5.41. The summed E-state index contributed by atoms with van der Waals surface area (Å²) in [5.74, 6) is -0.930. The van der Waals surface area contributed by atoms with Gasteiger partial charge in [0.15, 0.2) is 11.6 Å². The molecule has 0 saturated heterocycles. The number of unbranched alkanes of at least 4 members (excludes halogenated alkanes) is 4. The number of aromatic nitrogens is 2. The third-order valence-corrected chi connectivity index (χ3v) is 4.76. The number of ether oxygens (including phenoxy) is 1. The lowest BCUT2D eigenvalue weighted by atomic mass is 10.1. The van der Waals surface area contributed by atoms with Gasteiger partial charge in [-0.3, -0.25) is 9.78 Å². The van der Waals surface area contributed by atoms with Crippen molar-refractivity contribution >= 4 is 22.6 Å². The zero-order valence-electron chi connectivity index (χ0n) is 17.2. The van der Waals surface area contributed by atoms with E-state index in [1.54, 1.807) is 43.5 Å². The van der Waals surface area contributed by atoms with Crippen molar-refractivity contribution in [2.75, 3.05) is 11.9 Å². The molecule has 156 valence electrons. The highest BCUT2D eigenvalue weighted by molar-refractivity contribution is 6.05. The molecule has 0 bridgehead atoms. The fourth-order valence-corrected chi connectivity index (χ4v) is 3.15. The van der Waals surface area contributed by atoms with Crippen molar-refractivity contribution in [1.82, 2.24) is 9.97 Å². The van der Waals surface area contributed by atoms with Crippen LogP contribution in [0.25, 0.3) is 11.0 Å². The predicted molar refractivity (Wildman–Crippen MR) is 117 cm³/mol. The molecule has 0 atom stereocenters. The van der Waals surface area contributed by atoms with Crippen LogP contribution in [0.4, 0.5) is 10.1 Å². The largest absolute Gasteiger partial charge is 0.490 e. The molecule has 0 radical (unpaired) electrons. The third-order valence-electron chi connectivity index (χ3n) is 4.76. The maximum atomic E-state index is 14.8. The molecule has 0 saturated carbocycles. The molecule has 0 aliphatic rings. The number of nitrogens with zero attached hydrogens (tertiary/aromatic N) is 2. The van der Waals surface area contributed by atoms with E-state index >= 15 is 0 Å². The first-order valence-corrected chi connectivity index (χ1v) is 10.2. The zero-order chi connectivity index (χ0) is 21.3. The Morgan fingerprint density at radius 2 is 2.00 bits per heavy atom. The number of nitrogens with one attached hydrogen (secondary N) is 1. The van der Waals surface area contributed by atoms with Crippen LogP contribution >= 0.6 is 0 Å². The normalized spacial score (nSPS) is 10.7. The van der Waals surface area contributed by atoms with Crippen LogP contribution in [0.3, 0.4) is 0 Å². The van der Waals surface area contributed by atoms with Crippen molar-refractivity contribution < 1.29 is 13.9 Å². The van der Waals surface area contributed by atoms with Crippen molar-refractivity contribution in [2.24, 2.45) is 0 Å². The molecule has 0 spiro atoms. The first kappa shape index (κ1) is 21.4.